The molecule has 19 heavy (non-hydrogen) atoms. The number of hydrogen-bond donors (Lipinski definition) is 2. The Balaban J connectivity index is 2.16. The van der Waals surface area contributed by atoms with Crippen molar-refractivity contribution in [2.24, 2.45) is 0 Å². The molecule has 1 amide bonds. The van der Waals surface area contributed by atoms with Crippen molar-refractivity contribution in [3.63, 3.8) is 0 Å². The largest absolute Gasteiger partial charge is 0.305 e. The highest BCUT2D eigenvalue weighted by Crippen LogP contribution is 2.16. The van der Waals surface area contributed by atoms with E-state index in [1.165, 1.54) is 24.3 Å². The van der Waals surface area contributed by atoms with Gasteiger partial charge in [0.15, 0.2) is 5.82 Å². The highest BCUT2D eigenvalue weighted by Gasteiger charge is 2.12. The second-order valence-corrected chi connectivity index (χ2v) is 4.08. The lowest BCUT2D eigenvalue weighted by atomic mass is 10.2. The molecule has 0 saturated carbocycles. The van der Waals surface area contributed by atoms with Crippen molar-refractivity contribution in [3.8, 4) is 0 Å². The van der Waals surface area contributed by atoms with E-state index in [2.05, 4.69) is 15.5 Å². The molecule has 1 heterocycles. The van der Waals surface area contributed by atoms with Gasteiger partial charge in [-0.25, -0.2) is 0 Å². The van der Waals surface area contributed by atoms with Gasteiger partial charge in [-0.2, -0.15) is 5.10 Å². The second kappa shape index (κ2) is 4.89. The topological polar surface area (TPSA) is 101 Å². The van der Waals surface area contributed by atoms with Crippen LogP contribution in [0.15, 0.2) is 24.3 Å². The van der Waals surface area contributed by atoms with Gasteiger partial charge in [0.2, 0.25) is 0 Å². The van der Waals surface area contributed by atoms with E-state index in [1.807, 2.05) is 13.8 Å². The molecule has 0 saturated heterocycles. The molecule has 0 spiro atoms. The monoisotopic (exact) mass is 260 g/mol. The van der Waals surface area contributed by atoms with Gasteiger partial charge in [0.1, 0.15) is 0 Å². The van der Waals surface area contributed by atoms with E-state index in [0.717, 1.165) is 11.3 Å². The molecule has 0 bridgehead atoms. The van der Waals surface area contributed by atoms with Crippen LogP contribution in [-0.4, -0.2) is 21.0 Å². The summed E-state index contributed by atoms with van der Waals surface area (Å²) in [7, 11) is 0. The van der Waals surface area contributed by atoms with E-state index in [4.69, 9.17) is 0 Å². The molecule has 1 aromatic carbocycles. The fourth-order valence-corrected chi connectivity index (χ4v) is 1.52. The van der Waals surface area contributed by atoms with Crippen LogP contribution in [0.4, 0.5) is 11.5 Å². The van der Waals surface area contributed by atoms with Crippen LogP contribution in [-0.2, 0) is 0 Å². The van der Waals surface area contributed by atoms with Gasteiger partial charge in [-0.1, -0.05) is 0 Å². The molecule has 98 valence electrons. The molecule has 1 aromatic heterocycles. The van der Waals surface area contributed by atoms with Gasteiger partial charge in [-0.15, -0.1) is 0 Å². The zero-order valence-electron chi connectivity index (χ0n) is 10.4. The third-order valence-corrected chi connectivity index (χ3v) is 2.83. The summed E-state index contributed by atoms with van der Waals surface area (Å²) in [5, 5.41) is 19.9. The molecule has 2 N–H and O–H groups in total. The van der Waals surface area contributed by atoms with E-state index >= 15 is 0 Å². The predicted octanol–water partition coefficient (Wildman–Crippen LogP) is 2.19. The number of nitrogens with one attached hydrogen (secondary N) is 2. The van der Waals surface area contributed by atoms with E-state index in [9.17, 15) is 14.9 Å². The lowest BCUT2D eigenvalue weighted by Crippen LogP contribution is -2.12. The fourth-order valence-electron chi connectivity index (χ4n) is 1.52. The number of aromatic amines is 1. The number of H-pyrrole nitrogens is 1. The van der Waals surface area contributed by atoms with Gasteiger partial charge >= 0.3 is 0 Å². The first-order chi connectivity index (χ1) is 8.99. The van der Waals surface area contributed by atoms with Gasteiger partial charge in [0.25, 0.3) is 11.6 Å². The fraction of sp³-hybridized carbons (Fsp3) is 0.167. The van der Waals surface area contributed by atoms with Crippen molar-refractivity contribution in [1.82, 2.24) is 10.2 Å². The smallest absolute Gasteiger partial charge is 0.269 e. The lowest BCUT2D eigenvalue weighted by Gasteiger charge is -2.03. The molecule has 0 unspecified atom stereocenters. The van der Waals surface area contributed by atoms with Crippen molar-refractivity contribution >= 4 is 17.4 Å². The normalized spacial score (nSPS) is 10.2. The van der Waals surface area contributed by atoms with Crippen molar-refractivity contribution in [3.05, 3.63) is 51.2 Å². The molecule has 0 fully saturated rings. The number of nitrogens with zero attached hydrogens (tertiary/aromatic N) is 2. The van der Waals surface area contributed by atoms with Crippen LogP contribution >= 0.6 is 0 Å². The third kappa shape index (κ3) is 2.59. The van der Waals surface area contributed by atoms with Crippen LogP contribution in [0.2, 0.25) is 0 Å². The van der Waals surface area contributed by atoms with Crippen molar-refractivity contribution in [2.75, 3.05) is 5.32 Å². The number of carbonyl (C=O) groups excluding carboxylic acids is 1. The maximum Gasteiger partial charge on any atom is 0.269 e. The van der Waals surface area contributed by atoms with Crippen LogP contribution in [0.1, 0.15) is 21.6 Å². The first-order valence-corrected chi connectivity index (χ1v) is 5.56. The Bertz CT molecular complexity index is 631. The maximum atomic E-state index is 11.9. The van der Waals surface area contributed by atoms with Crippen molar-refractivity contribution in [2.45, 2.75) is 13.8 Å². The number of nitro groups is 1. The molecular weight excluding hydrogens is 248 g/mol. The summed E-state index contributed by atoms with van der Waals surface area (Å²) < 4.78 is 0. The van der Waals surface area contributed by atoms with Gasteiger partial charge in [0, 0.05) is 29.0 Å². The average molecular weight is 260 g/mol. The number of aryl methyl sites for hydroxylation is 1. The minimum Gasteiger partial charge on any atom is -0.305 e. The molecular formula is C12H12N4O3. The standard InChI is InChI=1S/C12H12N4O3/c1-7-8(2)14-15-11(7)13-12(17)9-3-5-10(6-4-9)16(18)19/h3-6H,1-2H3,(H2,13,14,15,17). The highest BCUT2D eigenvalue weighted by molar-refractivity contribution is 6.04. The Morgan fingerprint density at radius 2 is 1.95 bits per heavy atom. The number of benzene rings is 1. The summed E-state index contributed by atoms with van der Waals surface area (Å²) in [6.45, 7) is 3.69. The molecule has 2 rings (SSSR count). The summed E-state index contributed by atoms with van der Waals surface area (Å²) in [6, 6.07) is 5.39. The predicted molar refractivity (Wildman–Crippen MR) is 69.1 cm³/mol. The number of amides is 1. The Labute approximate surface area is 108 Å². The minimum absolute atomic E-state index is 0.0525. The Morgan fingerprint density at radius 3 is 2.42 bits per heavy atom. The number of anilines is 1. The average Bonchev–Trinajstić information content (AvgIpc) is 2.71. The highest BCUT2D eigenvalue weighted by atomic mass is 16.6. The van der Waals surface area contributed by atoms with Crippen LogP contribution in [0, 0.1) is 24.0 Å². The number of non-ortho nitro benzene ring substituents is 1. The van der Waals surface area contributed by atoms with E-state index in [-0.39, 0.29) is 11.6 Å². The van der Waals surface area contributed by atoms with E-state index < -0.39 is 4.92 Å². The summed E-state index contributed by atoms with van der Waals surface area (Å²) >= 11 is 0. The first-order valence-electron chi connectivity index (χ1n) is 5.56. The molecule has 0 atom stereocenters. The number of aromatic nitrogens is 2. The van der Waals surface area contributed by atoms with Gasteiger partial charge in [-0.05, 0) is 26.0 Å². The molecule has 2 aromatic rings. The summed E-state index contributed by atoms with van der Waals surface area (Å²) in [6.07, 6.45) is 0. The van der Waals surface area contributed by atoms with E-state index in [1.54, 1.807) is 0 Å². The van der Waals surface area contributed by atoms with Crippen LogP contribution in [0.5, 0.6) is 0 Å². The van der Waals surface area contributed by atoms with Crippen molar-refractivity contribution in [1.29, 1.82) is 0 Å². The van der Waals surface area contributed by atoms with E-state index in [0.29, 0.717) is 11.4 Å². The quantitative estimate of drug-likeness (QED) is 0.652. The molecule has 0 aliphatic heterocycles. The SMILES string of the molecule is Cc1[nH]nc(NC(=O)c2ccc([N+](=O)[O-])cc2)c1C. The number of hydrogen-bond acceptors (Lipinski definition) is 4. The molecule has 0 aliphatic carbocycles. The molecule has 0 radical (unpaired) electrons. The second-order valence-electron chi connectivity index (χ2n) is 4.08. The molecule has 7 nitrogen and oxygen atoms in total. The van der Waals surface area contributed by atoms with Crippen LogP contribution in [0.3, 0.4) is 0 Å². The summed E-state index contributed by atoms with van der Waals surface area (Å²) in [5.41, 5.74) is 2.02. The van der Waals surface area contributed by atoms with Gasteiger partial charge in [-0.3, -0.25) is 20.0 Å². The minimum atomic E-state index is -0.511. The number of carbonyl (C=O) groups is 1. The Morgan fingerprint density at radius 1 is 1.32 bits per heavy atom. The van der Waals surface area contributed by atoms with Crippen LogP contribution in [0.25, 0.3) is 0 Å². The lowest BCUT2D eigenvalue weighted by molar-refractivity contribution is -0.384. The Kier molecular flexibility index (Phi) is 3.28. The summed E-state index contributed by atoms with van der Waals surface area (Å²) in [5.74, 6) is 0.102. The van der Waals surface area contributed by atoms with Gasteiger partial charge in [0.05, 0.1) is 4.92 Å². The molecule has 0 aliphatic rings. The van der Waals surface area contributed by atoms with Crippen LogP contribution < -0.4 is 5.32 Å². The van der Waals surface area contributed by atoms with Gasteiger partial charge < -0.3 is 5.32 Å². The maximum absolute atomic E-state index is 11.9. The third-order valence-electron chi connectivity index (χ3n) is 2.83. The Hall–Kier alpha value is -2.70. The molecule has 7 heteroatoms. The zero-order valence-corrected chi connectivity index (χ0v) is 10.4. The summed E-state index contributed by atoms with van der Waals surface area (Å²) in [4.78, 5) is 21.9. The first kappa shape index (κ1) is 12.7. The zero-order chi connectivity index (χ0) is 14.0. The number of nitro benzene ring substituents is 1. The number of rotatable bonds is 3. The van der Waals surface area contributed by atoms with Crippen molar-refractivity contribution < 1.29 is 9.72 Å².